The fourth-order valence-corrected chi connectivity index (χ4v) is 4.44. The van der Waals surface area contributed by atoms with Crippen molar-refractivity contribution in [2.75, 3.05) is 0 Å². The van der Waals surface area contributed by atoms with E-state index in [4.69, 9.17) is 4.18 Å². The number of rotatable bonds is 1. The summed E-state index contributed by atoms with van der Waals surface area (Å²) in [5.41, 5.74) is 0.217. The highest BCUT2D eigenvalue weighted by Crippen LogP contribution is 2.62. The molecule has 2 bridgehead atoms. The number of hydrogen-bond donors (Lipinski definition) is 1. The van der Waals surface area contributed by atoms with Crippen LogP contribution in [-0.2, 0) is 4.18 Å². The van der Waals surface area contributed by atoms with E-state index in [-0.39, 0.29) is 5.60 Å². The topological polar surface area (TPSA) is 9.23 Å². The van der Waals surface area contributed by atoms with Crippen molar-refractivity contribution in [3.63, 3.8) is 0 Å². The zero-order valence-corrected chi connectivity index (χ0v) is 8.22. The molecule has 0 aromatic carbocycles. The van der Waals surface area contributed by atoms with Gasteiger partial charge in [-0.05, 0) is 62.8 Å². The van der Waals surface area contributed by atoms with Crippen molar-refractivity contribution in [3.8, 4) is 0 Å². The Morgan fingerprint density at radius 1 is 1.25 bits per heavy atom. The zero-order valence-electron chi connectivity index (χ0n) is 7.33. The summed E-state index contributed by atoms with van der Waals surface area (Å²) in [5.74, 6) is 2.87. The first-order valence-electron chi connectivity index (χ1n) is 5.18. The molecule has 0 N–H and O–H groups in total. The summed E-state index contributed by atoms with van der Waals surface area (Å²) in [4.78, 5) is 0. The Labute approximate surface area is 79.5 Å². The van der Waals surface area contributed by atoms with E-state index in [9.17, 15) is 0 Å². The molecule has 3 aliphatic rings. The third kappa shape index (κ3) is 0.759. The van der Waals surface area contributed by atoms with E-state index < -0.39 is 0 Å². The Hall–Kier alpha value is 0.310. The van der Waals surface area contributed by atoms with E-state index in [2.05, 4.69) is 12.9 Å². The third-order valence-corrected chi connectivity index (χ3v) is 4.94. The average molecular weight is 184 g/mol. The first kappa shape index (κ1) is 7.69. The quantitative estimate of drug-likeness (QED) is 0.487. The van der Waals surface area contributed by atoms with Gasteiger partial charge in [0.05, 0.1) is 5.60 Å². The monoisotopic (exact) mass is 184 g/mol. The van der Waals surface area contributed by atoms with E-state index >= 15 is 0 Å². The van der Waals surface area contributed by atoms with E-state index in [0.717, 1.165) is 17.8 Å². The van der Waals surface area contributed by atoms with Crippen molar-refractivity contribution >= 4 is 12.9 Å². The van der Waals surface area contributed by atoms with Crippen molar-refractivity contribution in [2.24, 2.45) is 17.8 Å². The average Bonchev–Trinajstić information content (AvgIpc) is 2.76. The number of fused-ring (bicyclic) bond motifs is 5. The van der Waals surface area contributed by atoms with Crippen molar-refractivity contribution in [3.05, 3.63) is 0 Å². The molecule has 12 heavy (non-hydrogen) atoms. The van der Waals surface area contributed by atoms with Gasteiger partial charge in [-0.1, -0.05) is 6.42 Å². The van der Waals surface area contributed by atoms with Crippen LogP contribution in [0.15, 0.2) is 0 Å². The molecule has 0 aromatic rings. The molecule has 3 fully saturated rings. The molecular weight excluding hydrogens is 168 g/mol. The fourth-order valence-electron chi connectivity index (χ4n) is 4.14. The lowest BCUT2D eigenvalue weighted by Gasteiger charge is -2.33. The van der Waals surface area contributed by atoms with E-state index in [1.54, 1.807) is 0 Å². The summed E-state index contributed by atoms with van der Waals surface area (Å²) in [6, 6.07) is 0. The number of thiol groups is 1. The van der Waals surface area contributed by atoms with Gasteiger partial charge in [0.1, 0.15) is 0 Å². The highest BCUT2D eigenvalue weighted by Gasteiger charge is 2.59. The van der Waals surface area contributed by atoms with Gasteiger partial charge in [0.2, 0.25) is 0 Å². The maximum absolute atomic E-state index is 5.50. The molecule has 0 radical (unpaired) electrons. The van der Waals surface area contributed by atoms with Gasteiger partial charge >= 0.3 is 0 Å². The first-order chi connectivity index (χ1) is 5.86. The van der Waals surface area contributed by atoms with Crippen LogP contribution in [0, 0.1) is 17.8 Å². The largest absolute Gasteiger partial charge is 0.312 e. The van der Waals surface area contributed by atoms with Crippen LogP contribution in [-0.4, -0.2) is 5.60 Å². The van der Waals surface area contributed by atoms with Crippen LogP contribution in [0.2, 0.25) is 0 Å². The minimum atomic E-state index is 0.217. The van der Waals surface area contributed by atoms with Gasteiger partial charge in [0, 0.05) is 0 Å². The van der Waals surface area contributed by atoms with E-state index in [1.807, 2.05) is 0 Å². The van der Waals surface area contributed by atoms with Crippen molar-refractivity contribution in [1.82, 2.24) is 0 Å². The van der Waals surface area contributed by atoms with Gasteiger partial charge in [-0.3, -0.25) is 0 Å². The summed E-state index contributed by atoms with van der Waals surface area (Å²) in [7, 11) is 0. The smallest absolute Gasteiger partial charge is 0.0859 e. The molecule has 4 unspecified atom stereocenters. The maximum atomic E-state index is 5.50. The first-order valence-corrected chi connectivity index (χ1v) is 5.55. The third-order valence-electron chi connectivity index (χ3n) is 4.58. The van der Waals surface area contributed by atoms with Crippen molar-refractivity contribution in [1.29, 1.82) is 0 Å². The lowest BCUT2D eigenvalue weighted by molar-refractivity contribution is 0.0412. The summed E-state index contributed by atoms with van der Waals surface area (Å²) in [5, 5.41) is 0. The van der Waals surface area contributed by atoms with E-state index in [0.29, 0.717) is 0 Å². The lowest BCUT2D eigenvalue weighted by atomic mass is 9.79. The second-order valence-corrected chi connectivity index (χ2v) is 5.04. The second kappa shape index (κ2) is 2.42. The standard InChI is InChI=1S/C10H16OS/c12-11-10-5-4-7(6-10)8-2-1-3-9(8)10/h7-9,12H,1-6H2. The van der Waals surface area contributed by atoms with Gasteiger partial charge in [0.15, 0.2) is 0 Å². The number of hydrogen-bond acceptors (Lipinski definition) is 2. The molecular formula is C10H16OS. The predicted molar refractivity (Wildman–Crippen MR) is 51.0 cm³/mol. The fraction of sp³-hybridized carbons (Fsp3) is 1.00. The minimum Gasteiger partial charge on any atom is -0.312 e. The van der Waals surface area contributed by atoms with Gasteiger partial charge in [0.25, 0.3) is 0 Å². The molecule has 0 aromatic heterocycles. The SMILES string of the molecule is SOC12CCC(C1)C1CCCC12. The van der Waals surface area contributed by atoms with Gasteiger partial charge in [-0.15, -0.1) is 0 Å². The Bertz CT molecular complexity index is 206. The Morgan fingerprint density at radius 2 is 2.17 bits per heavy atom. The van der Waals surface area contributed by atoms with Crippen LogP contribution >= 0.6 is 12.9 Å². The van der Waals surface area contributed by atoms with Crippen molar-refractivity contribution < 1.29 is 4.18 Å². The van der Waals surface area contributed by atoms with Crippen LogP contribution in [0.1, 0.15) is 38.5 Å². The Balaban J connectivity index is 1.95. The molecule has 4 atom stereocenters. The normalized spacial score (nSPS) is 56.2. The molecule has 3 saturated carbocycles. The van der Waals surface area contributed by atoms with Crippen LogP contribution in [0.25, 0.3) is 0 Å². The van der Waals surface area contributed by atoms with E-state index in [1.165, 1.54) is 38.5 Å². The summed E-state index contributed by atoms with van der Waals surface area (Å²) in [6.45, 7) is 0. The zero-order chi connectivity index (χ0) is 8.18. The molecule has 3 aliphatic carbocycles. The lowest BCUT2D eigenvalue weighted by Crippen LogP contribution is -2.34. The second-order valence-electron chi connectivity index (χ2n) is 4.86. The summed E-state index contributed by atoms with van der Waals surface area (Å²) >= 11 is 4.09. The van der Waals surface area contributed by atoms with Crippen LogP contribution < -0.4 is 0 Å². The molecule has 1 nitrogen and oxygen atoms in total. The Kier molecular flexibility index (Phi) is 1.55. The summed E-state index contributed by atoms with van der Waals surface area (Å²) in [6.07, 6.45) is 8.30. The molecule has 2 heteroatoms. The minimum absolute atomic E-state index is 0.217. The maximum Gasteiger partial charge on any atom is 0.0859 e. The van der Waals surface area contributed by atoms with Gasteiger partial charge in [-0.25, -0.2) is 0 Å². The highest BCUT2D eigenvalue weighted by molar-refractivity contribution is 7.75. The van der Waals surface area contributed by atoms with Gasteiger partial charge in [-0.2, -0.15) is 0 Å². The molecule has 0 saturated heterocycles. The molecule has 0 amide bonds. The highest BCUT2D eigenvalue weighted by atomic mass is 32.1. The molecule has 68 valence electrons. The van der Waals surface area contributed by atoms with Crippen LogP contribution in [0.3, 0.4) is 0 Å². The summed E-state index contributed by atoms with van der Waals surface area (Å²) < 4.78 is 5.50. The predicted octanol–water partition coefficient (Wildman–Crippen LogP) is 2.82. The van der Waals surface area contributed by atoms with Crippen LogP contribution in [0.5, 0.6) is 0 Å². The van der Waals surface area contributed by atoms with Gasteiger partial charge < -0.3 is 4.18 Å². The van der Waals surface area contributed by atoms with Crippen molar-refractivity contribution in [2.45, 2.75) is 44.1 Å². The van der Waals surface area contributed by atoms with Crippen LogP contribution in [0.4, 0.5) is 0 Å². The molecule has 0 heterocycles. The molecule has 3 rings (SSSR count). The Morgan fingerprint density at radius 3 is 3.00 bits per heavy atom. The molecule has 0 aliphatic heterocycles. The molecule has 0 spiro atoms.